The first-order chi connectivity index (χ1) is 6.84. The van der Waals surface area contributed by atoms with E-state index in [1.165, 1.54) is 0 Å². The summed E-state index contributed by atoms with van der Waals surface area (Å²) in [4.78, 5) is 8.15. The number of nitrogens with zero attached hydrogens (tertiary/aromatic N) is 2. The first-order valence-corrected chi connectivity index (χ1v) is 4.27. The standard InChI is InChI=1S/C11H9N2O/c1-9-7-12-8-11(13-9)14-10-5-3-2-4-6-10/h2-3,5-8H,1H3. The maximum atomic E-state index is 5.45. The summed E-state index contributed by atoms with van der Waals surface area (Å²) >= 11 is 0. The molecule has 0 saturated heterocycles. The van der Waals surface area contributed by atoms with E-state index in [4.69, 9.17) is 4.74 Å². The Kier molecular flexibility index (Phi) is 2.40. The smallest absolute Gasteiger partial charge is 0.238 e. The highest BCUT2D eigenvalue weighted by molar-refractivity contribution is 5.24. The zero-order chi connectivity index (χ0) is 9.80. The summed E-state index contributed by atoms with van der Waals surface area (Å²) in [7, 11) is 0. The van der Waals surface area contributed by atoms with Crippen LogP contribution in [0.5, 0.6) is 11.6 Å². The van der Waals surface area contributed by atoms with E-state index in [0.717, 1.165) is 5.69 Å². The van der Waals surface area contributed by atoms with Gasteiger partial charge in [0.15, 0.2) is 0 Å². The van der Waals surface area contributed by atoms with E-state index >= 15 is 0 Å². The van der Waals surface area contributed by atoms with Crippen molar-refractivity contribution >= 4 is 0 Å². The summed E-state index contributed by atoms with van der Waals surface area (Å²) in [6.07, 6.45) is 3.27. The maximum absolute atomic E-state index is 5.45. The number of rotatable bonds is 2. The Labute approximate surface area is 82.4 Å². The first-order valence-electron chi connectivity index (χ1n) is 4.27. The number of hydrogen-bond donors (Lipinski definition) is 0. The van der Waals surface area contributed by atoms with Gasteiger partial charge >= 0.3 is 0 Å². The largest absolute Gasteiger partial charge is 0.437 e. The Balaban J connectivity index is 2.19. The van der Waals surface area contributed by atoms with Crippen molar-refractivity contribution in [1.29, 1.82) is 0 Å². The van der Waals surface area contributed by atoms with Gasteiger partial charge in [-0.2, -0.15) is 0 Å². The third kappa shape index (κ3) is 2.07. The second-order valence-electron chi connectivity index (χ2n) is 2.84. The minimum absolute atomic E-state index is 0.504. The van der Waals surface area contributed by atoms with Crippen molar-refractivity contribution in [2.24, 2.45) is 0 Å². The summed E-state index contributed by atoms with van der Waals surface area (Å²) in [5, 5.41) is 0. The van der Waals surface area contributed by atoms with Crippen molar-refractivity contribution in [1.82, 2.24) is 9.97 Å². The van der Waals surface area contributed by atoms with Crippen molar-refractivity contribution in [2.45, 2.75) is 6.92 Å². The van der Waals surface area contributed by atoms with Crippen LogP contribution in [0.15, 0.2) is 36.7 Å². The Morgan fingerprint density at radius 1 is 1.36 bits per heavy atom. The summed E-state index contributed by atoms with van der Waals surface area (Å²) in [5.74, 6) is 1.22. The Morgan fingerprint density at radius 2 is 2.29 bits per heavy atom. The molecule has 2 rings (SSSR count). The second-order valence-corrected chi connectivity index (χ2v) is 2.84. The van der Waals surface area contributed by atoms with Gasteiger partial charge in [0.05, 0.1) is 11.9 Å². The quantitative estimate of drug-likeness (QED) is 0.720. The maximum Gasteiger partial charge on any atom is 0.238 e. The average molecular weight is 185 g/mol. The van der Waals surface area contributed by atoms with Crippen LogP contribution in [0, 0.1) is 13.0 Å². The molecule has 0 aliphatic rings. The Morgan fingerprint density at radius 3 is 3.00 bits per heavy atom. The molecule has 0 amide bonds. The molecule has 0 fully saturated rings. The predicted molar refractivity (Wildman–Crippen MR) is 52.1 cm³/mol. The molecule has 0 aliphatic carbocycles. The number of hydrogen-bond acceptors (Lipinski definition) is 3. The molecule has 3 heteroatoms. The van der Waals surface area contributed by atoms with Gasteiger partial charge < -0.3 is 4.74 Å². The molecule has 1 aromatic carbocycles. The van der Waals surface area contributed by atoms with Gasteiger partial charge in [-0.25, -0.2) is 4.98 Å². The lowest BCUT2D eigenvalue weighted by Gasteiger charge is -2.03. The highest BCUT2D eigenvalue weighted by Gasteiger charge is 1.97. The second kappa shape index (κ2) is 3.87. The van der Waals surface area contributed by atoms with Gasteiger partial charge in [-0.15, -0.1) is 0 Å². The normalized spacial score (nSPS) is 9.79. The highest BCUT2D eigenvalue weighted by Crippen LogP contribution is 2.17. The van der Waals surface area contributed by atoms with Crippen LogP contribution < -0.4 is 4.74 Å². The molecule has 0 unspecified atom stereocenters. The molecule has 1 heterocycles. The molecule has 0 spiro atoms. The summed E-state index contributed by atoms with van der Waals surface area (Å²) in [6.45, 7) is 1.87. The van der Waals surface area contributed by atoms with E-state index < -0.39 is 0 Å². The Hall–Kier alpha value is -1.90. The zero-order valence-electron chi connectivity index (χ0n) is 7.77. The van der Waals surface area contributed by atoms with Crippen LogP contribution in [0.25, 0.3) is 0 Å². The number of aryl methyl sites for hydroxylation is 1. The fourth-order valence-electron chi connectivity index (χ4n) is 1.05. The van der Waals surface area contributed by atoms with Gasteiger partial charge in [0.25, 0.3) is 0 Å². The molecule has 0 bridgehead atoms. The van der Waals surface area contributed by atoms with Crippen molar-refractivity contribution in [2.75, 3.05) is 0 Å². The van der Waals surface area contributed by atoms with E-state index in [1.807, 2.05) is 25.1 Å². The summed E-state index contributed by atoms with van der Waals surface area (Å²) < 4.78 is 5.45. The van der Waals surface area contributed by atoms with Crippen molar-refractivity contribution in [3.63, 3.8) is 0 Å². The Bertz CT molecular complexity index is 415. The SMILES string of the molecule is Cc1cncc(Oc2c[c]ccc2)n1. The van der Waals surface area contributed by atoms with E-state index in [0.29, 0.717) is 11.6 Å². The molecule has 1 radical (unpaired) electrons. The van der Waals surface area contributed by atoms with Crippen LogP contribution in [0.1, 0.15) is 5.69 Å². The monoisotopic (exact) mass is 185 g/mol. The fraction of sp³-hybridized carbons (Fsp3) is 0.0909. The van der Waals surface area contributed by atoms with E-state index in [1.54, 1.807) is 18.5 Å². The van der Waals surface area contributed by atoms with Crippen LogP contribution in [0.2, 0.25) is 0 Å². The fourth-order valence-corrected chi connectivity index (χ4v) is 1.05. The molecular formula is C11H9N2O. The van der Waals surface area contributed by atoms with Crippen LogP contribution in [0.4, 0.5) is 0 Å². The predicted octanol–water partition coefficient (Wildman–Crippen LogP) is 2.38. The molecule has 69 valence electrons. The van der Waals surface area contributed by atoms with Gasteiger partial charge in [0.1, 0.15) is 5.75 Å². The molecule has 1 aromatic heterocycles. The van der Waals surface area contributed by atoms with Crippen molar-refractivity contribution in [3.05, 3.63) is 48.4 Å². The van der Waals surface area contributed by atoms with Crippen molar-refractivity contribution < 1.29 is 4.74 Å². The molecule has 14 heavy (non-hydrogen) atoms. The van der Waals surface area contributed by atoms with Gasteiger partial charge in [0.2, 0.25) is 5.88 Å². The lowest BCUT2D eigenvalue weighted by molar-refractivity contribution is 0.458. The van der Waals surface area contributed by atoms with Crippen LogP contribution in [-0.4, -0.2) is 9.97 Å². The molecule has 0 N–H and O–H groups in total. The summed E-state index contributed by atoms with van der Waals surface area (Å²) in [5.41, 5.74) is 0.836. The van der Waals surface area contributed by atoms with Gasteiger partial charge in [-0.05, 0) is 25.1 Å². The number of aromatic nitrogens is 2. The van der Waals surface area contributed by atoms with Crippen LogP contribution >= 0.6 is 0 Å². The van der Waals surface area contributed by atoms with Gasteiger partial charge in [-0.1, -0.05) is 12.1 Å². The minimum Gasteiger partial charge on any atom is -0.437 e. The third-order valence-corrected chi connectivity index (χ3v) is 1.63. The number of ether oxygens (including phenoxy) is 1. The van der Waals surface area contributed by atoms with Gasteiger partial charge in [-0.3, -0.25) is 4.98 Å². The molecular weight excluding hydrogens is 176 g/mol. The highest BCUT2D eigenvalue weighted by atomic mass is 16.5. The molecule has 3 nitrogen and oxygen atoms in total. The molecule has 2 aromatic rings. The molecule has 0 saturated carbocycles. The third-order valence-electron chi connectivity index (χ3n) is 1.63. The van der Waals surface area contributed by atoms with E-state index in [-0.39, 0.29) is 0 Å². The first kappa shape index (κ1) is 8.69. The minimum atomic E-state index is 0.504. The summed E-state index contributed by atoms with van der Waals surface area (Å²) in [6, 6.07) is 10.2. The molecule has 0 atom stereocenters. The van der Waals surface area contributed by atoms with Crippen LogP contribution in [-0.2, 0) is 0 Å². The zero-order valence-corrected chi connectivity index (χ0v) is 7.77. The molecule has 0 aliphatic heterocycles. The lowest BCUT2D eigenvalue weighted by atomic mass is 10.3. The lowest BCUT2D eigenvalue weighted by Crippen LogP contribution is -1.90. The van der Waals surface area contributed by atoms with E-state index in [2.05, 4.69) is 16.0 Å². The number of benzene rings is 1. The van der Waals surface area contributed by atoms with E-state index in [9.17, 15) is 0 Å². The van der Waals surface area contributed by atoms with Crippen molar-refractivity contribution in [3.8, 4) is 11.6 Å². The topological polar surface area (TPSA) is 35.0 Å². The van der Waals surface area contributed by atoms with Gasteiger partial charge in [0, 0.05) is 6.20 Å². The van der Waals surface area contributed by atoms with Crippen LogP contribution in [0.3, 0.4) is 0 Å². The average Bonchev–Trinajstić information content (AvgIpc) is 2.19.